The highest BCUT2D eigenvalue weighted by Gasteiger charge is 2.38. The first-order chi connectivity index (χ1) is 25.5. The van der Waals surface area contributed by atoms with E-state index in [1.165, 1.54) is 22.1 Å². The van der Waals surface area contributed by atoms with E-state index in [2.05, 4.69) is 169 Å². The minimum atomic E-state index is -0.209. The van der Waals surface area contributed by atoms with E-state index in [1.807, 2.05) is 24.3 Å². The van der Waals surface area contributed by atoms with Crippen molar-refractivity contribution in [2.45, 2.75) is 19.3 Å². The predicted molar refractivity (Wildman–Crippen MR) is 213 cm³/mol. The monoisotopic (exact) mass is 667 g/mol. The Hall–Kier alpha value is -6.83. The summed E-state index contributed by atoms with van der Waals surface area (Å²) in [5.41, 5.74) is 15.9. The SMILES string of the molecule is C=Cc1c(/C=C/c2ccc3oc4nc(-c5ccccc5)c(-c5cccc6c5-c5ccc#cc5C6(C)C)n4c3c2)c2ccccc2n1-c1ccccc1. The van der Waals surface area contributed by atoms with Gasteiger partial charge in [-0.2, -0.15) is 4.98 Å². The molecule has 0 unspecified atom stereocenters. The van der Waals surface area contributed by atoms with Gasteiger partial charge in [0.1, 0.15) is 5.69 Å². The lowest BCUT2D eigenvalue weighted by Crippen LogP contribution is -2.14. The largest absolute Gasteiger partial charge is 0.423 e. The molecule has 6 aromatic carbocycles. The maximum atomic E-state index is 6.51. The molecule has 0 atom stereocenters. The van der Waals surface area contributed by atoms with Crippen LogP contribution in [-0.2, 0) is 5.41 Å². The van der Waals surface area contributed by atoms with Crippen LogP contribution in [0.2, 0.25) is 0 Å². The van der Waals surface area contributed by atoms with Gasteiger partial charge in [0.15, 0.2) is 5.58 Å². The maximum Gasteiger partial charge on any atom is 0.307 e. The third-order valence-corrected chi connectivity index (χ3v) is 10.6. The molecule has 3 heterocycles. The Morgan fingerprint density at radius 1 is 0.769 bits per heavy atom. The van der Waals surface area contributed by atoms with Crippen molar-refractivity contribution in [3.05, 3.63) is 180 Å². The van der Waals surface area contributed by atoms with Crippen LogP contribution in [0.15, 0.2) is 144 Å². The molecule has 0 radical (unpaired) electrons. The average Bonchev–Trinajstić information content (AvgIpc) is 3.90. The lowest BCUT2D eigenvalue weighted by Gasteiger charge is -2.20. The second kappa shape index (κ2) is 11.3. The van der Waals surface area contributed by atoms with Crippen LogP contribution in [0, 0.1) is 12.1 Å². The predicted octanol–water partition coefficient (Wildman–Crippen LogP) is 12.1. The third kappa shape index (κ3) is 4.33. The Bertz CT molecular complexity index is 2880. The standard InChI is InChI=1S/C48H33N3O/c1-4-40-35(34-20-12-14-25-41(34)50(40)33-18-9-6-10-19-33)28-26-31-27-29-43-42(30-31)51-46(45(49-47(51)52-43)32-16-7-5-8-17-32)37-22-15-24-39-44(37)36-21-11-13-23-38(36)48(39,2)3/h4-12,14-22,24-30H,1H2,2-3H3/b28-26+. The molecule has 0 fully saturated rings. The highest BCUT2D eigenvalue weighted by Crippen LogP contribution is 2.52. The van der Waals surface area contributed by atoms with Gasteiger partial charge in [-0.25, -0.2) is 0 Å². The molecule has 0 N–H and O–H groups in total. The van der Waals surface area contributed by atoms with E-state index in [0.717, 1.165) is 67.2 Å². The zero-order valence-electron chi connectivity index (χ0n) is 28.9. The molecule has 4 heteroatoms. The number of benzene rings is 5. The Morgan fingerprint density at radius 2 is 1.56 bits per heavy atom. The molecule has 0 saturated carbocycles. The first-order valence-corrected chi connectivity index (χ1v) is 17.6. The highest BCUT2D eigenvalue weighted by molar-refractivity contribution is 5.99. The van der Waals surface area contributed by atoms with Crippen LogP contribution in [0.1, 0.15) is 41.8 Å². The number of fused-ring (bicyclic) bond motifs is 7. The molecular formula is C48H33N3O. The number of nitrogens with zero attached hydrogens (tertiary/aromatic N) is 3. The fraction of sp³-hybridized carbons (Fsp3) is 0.0625. The third-order valence-electron chi connectivity index (χ3n) is 10.6. The Balaban J connectivity index is 1.19. The van der Waals surface area contributed by atoms with E-state index in [1.54, 1.807) is 0 Å². The highest BCUT2D eigenvalue weighted by atomic mass is 16.4. The molecule has 0 saturated heterocycles. The molecule has 0 spiro atoms. The summed E-state index contributed by atoms with van der Waals surface area (Å²) in [7, 11) is 0. The molecule has 1 aliphatic carbocycles. The van der Waals surface area contributed by atoms with E-state index in [0.29, 0.717) is 5.84 Å². The van der Waals surface area contributed by atoms with Gasteiger partial charge in [0.05, 0.1) is 22.4 Å². The molecular weight excluding hydrogens is 635 g/mol. The van der Waals surface area contributed by atoms with Crippen molar-refractivity contribution in [1.82, 2.24) is 14.0 Å². The lowest BCUT2D eigenvalue weighted by molar-refractivity contribution is 0.642. The number of aromatic nitrogens is 3. The Labute approximate surface area is 302 Å². The smallest absolute Gasteiger partial charge is 0.307 e. The van der Waals surface area contributed by atoms with Gasteiger partial charge in [-0.1, -0.05) is 136 Å². The summed E-state index contributed by atoms with van der Waals surface area (Å²) in [5.74, 6) is 0.563. The molecule has 1 aliphatic rings. The summed E-state index contributed by atoms with van der Waals surface area (Å²) < 4.78 is 11.0. The van der Waals surface area contributed by atoms with Crippen LogP contribution < -0.4 is 0 Å². The van der Waals surface area contributed by atoms with Crippen molar-refractivity contribution < 1.29 is 4.42 Å². The number of oxazole rings is 1. The molecule has 3 aromatic heterocycles. The van der Waals surface area contributed by atoms with Crippen LogP contribution in [0.4, 0.5) is 0 Å². The number of hydrogen-bond acceptors (Lipinski definition) is 2. The quantitative estimate of drug-likeness (QED) is 0.177. The van der Waals surface area contributed by atoms with Crippen molar-refractivity contribution in [3.8, 4) is 39.3 Å². The van der Waals surface area contributed by atoms with Crippen molar-refractivity contribution in [2.75, 3.05) is 0 Å². The second-order valence-electron chi connectivity index (χ2n) is 13.9. The van der Waals surface area contributed by atoms with E-state index in [4.69, 9.17) is 9.40 Å². The molecule has 0 bridgehead atoms. The zero-order valence-corrected chi connectivity index (χ0v) is 28.9. The zero-order chi connectivity index (χ0) is 35.0. The number of imidazole rings is 1. The Morgan fingerprint density at radius 3 is 2.38 bits per heavy atom. The number of hydrogen-bond donors (Lipinski definition) is 0. The second-order valence-corrected chi connectivity index (χ2v) is 13.9. The fourth-order valence-corrected chi connectivity index (χ4v) is 8.22. The minimum absolute atomic E-state index is 0.209. The summed E-state index contributed by atoms with van der Waals surface area (Å²) in [6, 6.07) is 53.2. The molecule has 0 aliphatic heterocycles. The van der Waals surface area contributed by atoms with Crippen LogP contribution in [0.25, 0.3) is 85.4 Å². The number of para-hydroxylation sites is 2. The van der Waals surface area contributed by atoms with E-state index >= 15 is 0 Å². The van der Waals surface area contributed by atoms with Gasteiger partial charge < -0.3 is 8.98 Å². The van der Waals surface area contributed by atoms with E-state index in [9.17, 15) is 0 Å². The van der Waals surface area contributed by atoms with Crippen molar-refractivity contribution in [1.29, 1.82) is 0 Å². The van der Waals surface area contributed by atoms with Gasteiger partial charge in [-0.05, 0) is 70.8 Å². The van der Waals surface area contributed by atoms with Gasteiger partial charge in [-0.3, -0.25) is 4.40 Å². The van der Waals surface area contributed by atoms with E-state index < -0.39 is 0 Å². The molecule has 4 nitrogen and oxygen atoms in total. The summed E-state index contributed by atoms with van der Waals surface area (Å²) in [4.78, 5) is 5.18. The van der Waals surface area contributed by atoms with Crippen molar-refractivity contribution >= 4 is 46.1 Å². The van der Waals surface area contributed by atoms with Crippen LogP contribution in [-0.4, -0.2) is 14.0 Å². The van der Waals surface area contributed by atoms with Gasteiger partial charge >= 0.3 is 5.84 Å². The Kier molecular flexibility index (Phi) is 6.55. The molecule has 52 heavy (non-hydrogen) atoms. The molecule has 9 aromatic rings. The summed E-state index contributed by atoms with van der Waals surface area (Å²) in [6.45, 7) is 8.78. The molecule has 0 amide bonds. The summed E-state index contributed by atoms with van der Waals surface area (Å²) in [5, 5.41) is 1.17. The summed E-state index contributed by atoms with van der Waals surface area (Å²) in [6.07, 6.45) is 6.34. The first kappa shape index (κ1) is 30.0. The fourth-order valence-electron chi connectivity index (χ4n) is 8.22. The van der Waals surface area contributed by atoms with E-state index in [-0.39, 0.29) is 5.41 Å². The van der Waals surface area contributed by atoms with Crippen LogP contribution >= 0.6 is 0 Å². The van der Waals surface area contributed by atoms with Gasteiger partial charge in [0.25, 0.3) is 0 Å². The van der Waals surface area contributed by atoms with Gasteiger partial charge in [0, 0.05) is 38.7 Å². The van der Waals surface area contributed by atoms with Gasteiger partial charge in [0.2, 0.25) is 0 Å². The molecule has 246 valence electrons. The van der Waals surface area contributed by atoms with Crippen LogP contribution in [0.5, 0.6) is 0 Å². The normalized spacial score (nSPS) is 13.2. The van der Waals surface area contributed by atoms with Crippen molar-refractivity contribution in [3.63, 3.8) is 0 Å². The first-order valence-electron chi connectivity index (χ1n) is 17.6. The summed E-state index contributed by atoms with van der Waals surface area (Å²) >= 11 is 0. The van der Waals surface area contributed by atoms with Gasteiger partial charge in [-0.15, -0.1) is 0 Å². The number of rotatable bonds is 6. The topological polar surface area (TPSA) is 35.4 Å². The molecule has 10 rings (SSSR count). The lowest BCUT2D eigenvalue weighted by atomic mass is 9.82. The maximum absolute atomic E-state index is 6.51. The van der Waals surface area contributed by atoms with Crippen molar-refractivity contribution in [2.24, 2.45) is 0 Å². The van der Waals surface area contributed by atoms with Crippen LogP contribution in [0.3, 0.4) is 0 Å². The minimum Gasteiger partial charge on any atom is -0.423 e. The average molecular weight is 668 g/mol.